The fraction of sp³-hybridized carbons (Fsp3) is 0.438. The Kier molecular flexibility index (Phi) is 4.18. The van der Waals surface area contributed by atoms with Crippen LogP contribution >= 0.6 is 0 Å². The van der Waals surface area contributed by atoms with Gasteiger partial charge in [0.2, 0.25) is 0 Å². The number of nitrogens with zero attached hydrogens (tertiary/aromatic N) is 3. The number of fused-ring (bicyclic) bond motifs is 1. The van der Waals surface area contributed by atoms with Crippen LogP contribution in [0.1, 0.15) is 18.5 Å². The first kappa shape index (κ1) is 15.3. The van der Waals surface area contributed by atoms with Gasteiger partial charge < -0.3 is 19.1 Å². The molecule has 3 heterocycles. The molecule has 7 heteroatoms. The first-order valence-corrected chi connectivity index (χ1v) is 7.62. The van der Waals surface area contributed by atoms with E-state index < -0.39 is 11.9 Å². The van der Waals surface area contributed by atoms with Gasteiger partial charge in [-0.3, -0.25) is 9.59 Å². The van der Waals surface area contributed by atoms with Crippen molar-refractivity contribution < 1.29 is 19.4 Å². The zero-order chi connectivity index (χ0) is 16.4. The molecule has 0 bridgehead atoms. The maximum Gasteiger partial charge on any atom is 0.308 e. The number of pyridine rings is 1. The zero-order valence-corrected chi connectivity index (χ0v) is 12.9. The maximum atomic E-state index is 12.3. The molecule has 23 heavy (non-hydrogen) atoms. The van der Waals surface area contributed by atoms with Crippen molar-refractivity contribution in [3.05, 3.63) is 30.2 Å². The Morgan fingerprint density at radius 1 is 1.48 bits per heavy atom. The quantitative estimate of drug-likeness (QED) is 0.920. The Bertz CT molecular complexity index is 740. The van der Waals surface area contributed by atoms with Gasteiger partial charge in [-0.15, -0.1) is 0 Å². The number of aromatic nitrogens is 2. The number of hydrogen-bond donors (Lipinski definition) is 1. The van der Waals surface area contributed by atoms with Gasteiger partial charge in [0.15, 0.2) is 18.0 Å². The number of carboxylic acids is 1. The summed E-state index contributed by atoms with van der Waals surface area (Å²) in [5, 5.41) is 9.09. The van der Waals surface area contributed by atoms with Gasteiger partial charge in [0.1, 0.15) is 0 Å². The van der Waals surface area contributed by atoms with E-state index in [1.807, 2.05) is 29.8 Å². The molecule has 3 rings (SSSR count). The number of hydrogen-bond acceptors (Lipinski definition) is 4. The molecule has 1 N–H and O–H groups in total. The van der Waals surface area contributed by atoms with Gasteiger partial charge in [0.25, 0.3) is 5.91 Å². The third-order valence-corrected chi connectivity index (χ3v) is 4.04. The number of aryl methyl sites for hydroxylation is 1. The Morgan fingerprint density at radius 2 is 2.30 bits per heavy atom. The average molecular weight is 317 g/mol. The summed E-state index contributed by atoms with van der Waals surface area (Å²) in [7, 11) is 0. The minimum atomic E-state index is -0.846. The van der Waals surface area contributed by atoms with Crippen LogP contribution in [-0.4, -0.2) is 51.0 Å². The summed E-state index contributed by atoms with van der Waals surface area (Å²) < 4.78 is 7.47. The number of carbonyl (C=O) groups excluding carboxylic acids is 1. The molecule has 1 aliphatic rings. The monoisotopic (exact) mass is 317 g/mol. The third kappa shape index (κ3) is 3.28. The van der Waals surface area contributed by atoms with Gasteiger partial charge in [-0.05, 0) is 31.9 Å². The number of imidazole rings is 1. The van der Waals surface area contributed by atoms with Crippen LogP contribution in [0, 0.1) is 12.8 Å². The Morgan fingerprint density at radius 3 is 3.09 bits per heavy atom. The van der Waals surface area contributed by atoms with Crippen molar-refractivity contribution in [3.8, 4) is 5.75 Å². The predicted molar refractivity (Wildman–Crippen MR) is 82.4 cm³/mol. The van der Waals surface area contributed by atoms with Crippen molar-refractivity contribution in [3.63, 3.8) is 0 Å². The number of carboxylic acid groups (broad SMARTS) is 1. The summed E-state index contributed by atoms with van der Waals surface area (Å²) in [5.74, 6) is -0.978. The number of aliphatic carboxylic acids is 1. The fourth-order valence-corrected chi connectivity index (χ4v) is 2.86. The molecule has 1 aliphatic heterocycles. The number of amides is 1. The summed E-state index contributed by atoms with van der Waals surface area (Å²) in [5.41, 5.74) is 1.53. The molecule has 2 aromatic rings. The van der Waals surface area contributed by atoms with Gasteiger partial charge in [-0.25, -0.2) is 4.98 Å². The van der Waals surface area contributed by atoms with Crippen LogP contribution in [-0.2, 0) is 9.59 Å². The number of likely N-dealkylation sites (tertiary alicyclic amines) is 1. The van der Waals surface area contributed by atoms with E-state index in [0.29, 0.717) is 30.8 Å². The molecule has 0 aromatic carbocycles. The van der Waals surface area contributed by atoms with Crippen LogP contribution in [0.5, 0.6) is 5.75 Å². The van der Waals surface area contributed by atoms with E-state index in [-0.39, 0.29) is 19.1 Å². The fourth-order valence-electron chi connectivity index (χ4n) is 2.86. The largest absolute Gasteiger partial charge is 0.481 e. The number of carbonyl (C=O) groups is 2. The van der Waals surface area contributed by atoms with E-state index >= 15 is 0 Å². The molecular formula is C16H19N3O4. The summed E-state index contributed by atoms with van der Waals surface area (Å²) >= 11 is 0. The van der Waals surface area contributed by atoms with E-state index in [9.17, 15) is 9.59 Å². The lowest BCUT2D eigenvalue weighted by Crippen LogP contribution is -2.44. The lowest BCUT2D eigenvalue weighted by atomic mass is 9.98. The van der Waals surface area contributed by atoms with Crippen LogP contribution < -0.4 is 4.74 Å². The van der Waals surface area contributed by atoms with Crippen molar-refractivity contribution in [2.75, 3.05) is 19.7 Å². The Balaban J connectivity index is 1.65. The highest BCUT2D eigenvalue weighted by molar-refractivity contribution is 5.79. The van der Waals surface area contributed by atoms with Gasteiger partial charge in [0, 0.05) is 25.5 Å². The summed E-state index contributed by atoms with van der Waals surface area (Å²) in [4.78, 5) is 29.3. The van der Waals surface area contributed by atoms with Crippen molar-refractivity contribution in [1.82, 2.24) is 14.3 Å². The van der Waals surface area contributed by atoms with Gasteiger partial charge in [-0.2, -0.15) is 0 Å². The second kappa shape index (κ2) is 6.28. The SMILES string of the molecule is Cc1cn2cccc(OCC(=O)N3CCCC(C(=O)O)C3)c2n1. The summed E-state index contributed by atoms with van der Waals surface area (Å²) in [6, 6.07) is 3.60. The smallest absolute Gasteiger partial charge is 0.308 e. The molecule has 2 aromatic heterocycles. The predicted octanol–water partition coefficient (Wildman–Crippen LogP) is 1.34. The van der Waals surface area contributed by atoms with E-state index in [2.05, 4.69) is 4.98 Å². The van der Waals surface area contributed by atoms with Crippen molar-refractivity contribution in [2.45, 2.75) is 19.8 Å². The minimum Gasteiger partial charge on any atom is -0.481 e. The Hall–Kier alpha value is -2.57. The highest BCUT2D eigenvalue weighted by atomic mass is 16.5. The van der Waals surface area contributed by atoms with Crippen molar-refractivity contribution in [2.24, 2.45) is 5.92 Å². The maximum absolute atomic E-state index is 12.3. The molecule has 1 amide bonds. The second-order valence-corrected chi connectivity index (χ2v) is 5.79. The summed E-state index contributed by atoms with van der Waals surface area (Å²) in [6.07, 6.45) is 5.07. The molecule has 0 spiro atoms. The van der Waals surface area contributed by atoms with E-state index in [4.69, 9.17) is 9.84 Å². The molecule has 122 valence electrons. The van der Waals surface area contributed by atoms with E-state index in [0.717, 1.165) is 5.69 Å². The molecular weight excluding hydrogens is 298 g/mol. The molecule has 0 radical (unpaired) electrons. The van der Waals surface area contributed by atoms with Crippen LogP contribution in [0.2, 0.25) is 0 Å². The first-order chi connectivity index (χ1) is 11.0. The zero-order valence-electron chi connectivity index (χ0n) is 12.9. The van der Waals surface area contributed by atoms with E-state index in [1.165, 1.54) is 0 Å². The number of piperidine rings is 1. The highest BCUT2D eigenvalue weighted by Crippen LogP contribution is 2.20. The molecule has 1 fully saturated rings. The number of rotatable bonds is 4. The Labute approximate surface area is 133 Å². The third-order valence-electron chi connectivity index (χ3n) is 4.04. The summed E-state index contributed by atoms with van der Waals surface area (Å²) in [6.45, 7) is 2.61. The molecule has 1 saturated heterocycles. The lowest BCUT2D eigenvalue weighted by molar-refractivity contribution is -0.146. The molecule has 1 unspecified atom stereocenters. The van der Waals surface area contributed by atoms with Crippen LogP contribution in [0.3, 0.4) is 0 Å². The van der Waals surface area contributed by atoms with Gasteiger partial charge in [-0.1, -0.05) is 0 Å². The van der Waals surface area contributed by atoms with Crippen LogP contribution in [0.25, 0.3) is 5.65 Å². The van der Waals surface area contributed by atoms with Crippen molar-refractivity contribution in [1.29, 1.82) is 0 Å². The topological polar surface area (TPSA) is 84.1 Å². The van der Waals surface area contributed by atoms with Crippen LogP contribution in [0.4, 0.5) is 0 Å². The highest BCUT2D eigenvalue weighted by Gasteiger charge is 2.28. The van der Waals surface area contributed by atoms with Crippen molar-refractivity contribution >= 4 is 17.5 Å². The number of ether oxygens (including phenoxy) is 1. The molecule has 1 atom stereocenters. The average Bonchev–Trinajstić information content (AvgIpc) is 2.93. The van der Waals surface area contributed by atoms with Gasteiger partial charge in [0.05, 0.1) is 11.6 Å². The normalized spacial score (nSPS) is 18.1. The molecule has 0 aliphatic carbocycles. The minimum absolute atomic E-state index is 0.113. The molecule has 0 saturated carbocycles. The molecule has 7 nitrogen and oxygen atoms in total. The standard InChI is InChI=1S/C16H19N3O4/c1-11-8-19-7-3-5-13(15(19)17-11)23-10-14(20)18-6-2-4-12(9-18)16(21)22/h3,5,7-8,12H,2,4,6,9-10H2,1H3,(H,21,22). The van der Waals surface area contributed by atoms with E-state index in [1.54, 1.807) is 11.0 Å². The second-order valence-electron chi connectivity index (χ2n) is 5.79. The lowest BCUT2D eigenvalue weighted by Gasteiger charge is -2.30. The van der Waals surface area contributed by atoms with Gasteiger partial charge >= 0.3 is 5.97 Å². The van der Waals surface area contributed by atoms with Crippen LogP contribution in [0.15, 0.2) is 24.5 Å². The first-order valence-electron chi connectivity index (χ1n) is 7.62.